The molecule has 0 aromatic heterocycles. The van der Waals surface area contributed by atoms with Gasteiger partial charge in [-0.25, -0.2) is 0 Å². The fourth-order valence-electron chi connectivity index (χ4n) is 3.88. The van der Waals surface area contributed by atoms with Crippen molar-refractivity contribution in [2.45, 2.75) is 6.42 Å². The van der Waals surface area contributed by atoms with Crippen LogP contribution in [0.2, 0.25) is 0 Å². The second-order valence-electron chi connectivity index (χ2n) is 6.85. The molecule has 2 fully saturated rings. The second-order valence-corrected chi connectivity index (χ2v) is 6.85. The Morgan fingerprint density at radius 2 is 1.80 bits per heavy atom. The van der Waals surface area contributed by atoms with Gasteiger partial charge in [-0.1, -0.05) is 12.2 Å². The molecule has 1 heterocycles. The number of hydrogen-bond donors (Lipinski definition) is 0. The molecule has 0 radical (unpaired) electrons. The molecular weight excluding hydrogens is 252 g/mol. The molecule has 2 bridgehead atoms. The minimum Gasteiger partial charge on any atom is -0.317 e. The van der Waals surface area contributed by atoms with Gasteiger partial charge in [0.2, 0.25) is 11.8 Å². The second kappa shape index (κ2) is 4.46. The van der Waals surface area contributed by atoms with Crippen LogP contribution in [0.3, 0.4) is 0 Å². The van der Waals surface area contributed by atoms with Crippen molar-refractivity contribution in [2.75, 3.05) is 33.7 Å². The largest absolute Gasteiger partial charge is 0.317 e. The van der Waals surface area contributed by atoms with Crippen molar-refractivity contribution in [2.24, 2.45) is 23.7 Å². The van der Waals surface area contributed by atoms with Crippen molar-refractivity contribution < 1.29 is 14.1 Å². The lowest BCUT2D eigenvalue weighted by Crippen LogP contribution is -2.47. The number of fused-ring (bicyclic) bond motifs is 5. The predicted octanol–water partition coefficient (Wildman–Crippen LogP) is 0.503. The SMILES string of the molecule is C#CC[N+](C)(C)CCN1C(=O)[C@@H]2[C@@H](C1=O)[C@H]1C=C[C@@H]2C1. The normalized spacial score (nSPS) is 34.8. The maximum atomic E-state index is 12.5. The van der Waals surface area contributed by atoms with Crippen LogP contribution >= 0.6 is 0 Å². The number of quaternary nitrogens is 1. The van der Waals surface area contributed by atoms with Gasteiger partial charge in [0.05, 0.1) is 39.0 Å². The van der Waals surface area contributed by atoms with Crippen LogP contribution in [0.5, 0.6) is 0 Å². The third-order valence-electron chi connectivity index (χ3n) is 5.01. The van der Waals surface area contributed by atoms with Gasteiger partial charge in [0.1, 0.15) is 6.54 Å². The van der Waals surface area contributed by atoms with Crippen LogP contribution in [0, 0.1) is 36.0 Å². The zero-order valence-corrected chi connectivity index (χ0v) is 12.1. The minimum atomic E-state index is -0.0826. The number of carbonyl (C=O) groups excluding carboxylic acids is 2. The third kappa shape index (κ3) is 1.89. The van der Waals surface area contributed by atoms with Gasteiger partial charge in [-0.3, -0.25) is 14.5 Å². The van der Waals surface area contributed by atoms with Gasteiger partial charge in [-0.2, -0.15) is 0 Å². The van der Waals surface area contributed by atoms with Gasteiger partial charge in [-0.15, -0.1) is 6.42 Å². The lowest BCUT2D eigenvalue weighted by molar-refractivity contribution is -0.882. The molecule has 1 saturated heterocycles. The summed E-state index contributed by atoms with van der Waals surface area (Å²) in [6, 6.07) is 0. The highest BCUT2D eigenvalue weighted by molar-refractivity contribution is 6.06. The van der Waals surface area contributed by atoms with Crippen LogP contribution in [0.1, 0.15) is 6.42 Å². The number of likely N-dealkylation sites (N-methyl/N-ethyl adjacent to an activating group) is 1. The first-order valence-corrected chi connectivity index (χ1v) is 7.23. The number of terminal acetylenes is 1. The van der Waals surface area contributed by atoms with Crippen LogP contribution in [-0.2, 0) is 9.59 Å². The number of hydrogen-bond acceptors (Lipinski definition) is 2. The first kappa shape index (κ1) is 13.4. The Morgan fingerprint density at radius 1 is 1.25 bits per heavy atom. The molecule has 3 rings (SSSR count). The summed E-state index contributed by atoms with van der Waals surface area (Å²) in [4.78, 5) is 26.5. The van der Waals surface area contributed by atoms with E-state index in [1.165, 1.54) is 4.90 Å². The number of rotatable bonds is 4. The summed E-state index contributed by atoms with van der Waals surface area (Å²) in [5.41, 5.74) is 0. The summed E-state index contributed by atoms with van der Waals surface area (Å²) in [5.74, 6) is 3.14. The first-order chi connectivity index (χ1) is 9.44. The van der Waals surface area contributed by atoms with Gasteiger partial charge >= 0.3 is 0 Å². The maximum Gasteiger partial charge on any atom is 0.233 e. The highest BCUT2D eigenvalue weighted by atomic mass is 16.2. The highest BCUT2D eigenvalue weighted by Crippen LogP contribution is 2.52. The fourth-order valence-corrected chi connectivity index (χ4v) is 3.88. The molecule has 1 aliphatic heterocycles. The number of amides is 2. The highest BCUT2D eigenvalue weighted by Gasteiger charge is 2.59. The first-order valence-electron chi connectivity index (χ1n) is 7.23. The predicted molar refractivity (Wildman–Crippen MR) is 75.1 cm³/mol. The molecular formula is C16H21N2O2+. The fraction of sp³-hybridized carbons (Fsp3) is 0.625. The van der Waals surface area contributed by atoms with E-state index in [4.69, 9.17) is 6.42 Å². The Bertz CT molecular complexity index is 499. The molecule has 2 aliphatic carbocycles. The monoisotopic (exact) mass is 273 g/mol. The van der Waals surface area contributed by atoms with E-state index in [9.17, 15) is 9.59 Å². The molecule has 106 valence electrons. The summed E-state index contributed by atoms with van der Waals surface area (Å²) in [6.45, 7) is 1.80. The maximum absolute atomic E-state index is 12.5. The summed E-state index contributed by atoms with van der Waals surface area (Å²) < 4.78 is 0.633. The van der Waals surface area contributed by atoms with Crippen LogP contribution in [0.25, 0.3) is 0 Å². The van der Waals surface area contributed by atoms with E-state index in [2.05, 4.69) is 18.1 Å². The molecule has 4 nitrogen and oxygen atoms in total. The molecule has 20 heavy (non-hydrogen) atoms. The molecule has 1 saturated carbocycles. The lowest BCUT2D eigenvalue weighted by Gasteiger charge is -2.29. The standard InChI is InChI=1S/C16H21N2O2/c1-4-8-18(2,3)9-7-17-15(19)13-11-5-6-12(10-11)14(13)16(17)20/h1,5-6,11-14H,7-10H2,2-3H3/q+1/t11-,12+,13-,14-/m0/s1. The van der Waals surface area contributed by atoms with E-state index in [-0.39, 0.29) is 23.7 Å². The van der Waals surface area contributed by atoms with Crippen molar-refractivity contribution in [3.63, 3.8) is 0 Å². The Kier molecular flexibility index (Phi) is 2.98. The van der Waals surface area contributed by atoms with Gasteiger partial charge in [0.15, 0.2) is 0 Å². The zero-order chi connectivity index (χ0) is 14.5. The van der Waals surface area contributed by atoms with E-state index in [1.54, 1.807) is 0 Å². The molecule has 0 N–H and O–H groups in total. The lowest BCUT2D eigenvalue weighted by atomic mass is 9.85. The summed E-state index contributed by atoms with van der Waals surface area (Å²) >= 11 is 0. The van der Waals surface area contributed by atoms with Crippen LogP contribution in [0.4, 0.5) is 0 Å². The Labute approximate surface area is 120 Å². The summed E-state index contributed by atoms with van der Waals surface area (Å²) in [6.07, 6.45) is 10.6. The average Bonchev–Trinajstić information content (AvgIpc) is 3.03. The molecule has 4 heteroatoms. The number of nitrogens with zero attached hydrogens (tertiary/aromatic N) is 2. The van der Waals surface area contributed by atoms with Crippen LogP contribution in [-0.4, -0.2) is 54.9 Å². The van der Waals surface area contributed by atoms with Gasteiger partial charge in [0, 0.05) is 0 Å². The van der Waals surface area contributed by atoms with Gasteiger partial charge in [-0.05, 0) is 24.2 Å². The average molecular weight is 273 g/mol. The molecule has 0 aromatic rings. The smallest absolute Gasteiger partial charge is 0.233 e. The number of likely N-dealkylation sites (tertiary alicyclic amines) is 1. The molecule has 4 atom stereocenters. The van der Waals surface area contributed by atoms with E-state index >= 15 is 0 Å². The Balaban J connectivity index is 1.70. The quantitative estimate of drug-likeness (QED) is 0.324. The molecule has 0 aromatic carbocycles. The molecule has 0 unspecified atom stereocenters. The number of allylic oxidation sites excluding steroid dienone is 2. The van der Waals surface area contributed by atoms with Crippen LogP contribution < -0.4 is 0 Å². The zero-order valence-electron chi connectivity index (χ0n) is 12.1. The van der Waals surface area contributed by atoms with Crippen molar-refractivity contribution in [3.8, 4) is 12.3 Å². The van der Waals surface area contributed by atoms with E-state index < -0.39 is 0 Å². The number of imide groups is 1. The molecule has 0 spiro atoms. The molecule has 3 aliphatic rings. The topological polar surface area (TPSA) is 37.4 Å². The van der Waals surface area contributed by atoms with Crippen LogP contribution in [0.15, 0.2) is 12.2 Å². The van der Waals surface area contributed by atoms with Crippen molar-refractivity contribution in [1.29, 1.82) is 0 Å². The van der Waals surface area contributed by atoms with Crippen molar-refractivity contribution >= 4 is 11.8 Å². The van der Waals surface area contributed by atoms with E-state index in [0.717, 1.165) is 6.42 Å². The Morgan fingerprint density at radius 3 is 2.30 bits per heavy atom. The minimum absolute atomic E-state index is 0.0394. The van der Waals surface area contributed by atoms with Gasteiger partial charge < -0.3 is 4.48 Å². The Hall–Kier alpha value is -1.60. The van der Waals surface area contributed by atoms with Gasteiger partial charge in [0.25, 0.3) is 0 Å². The van der Waals surface area contributed by atoms with E-state index in [0.29, 0.717) is 36.0 Å². The van der Waals surface area contributed by atoms with Crippen molar-refractivity contribution in [1.82, 2.24) is 4.90 Å². The summed E-state index contributed by atoms with van der Waals surface area (Å²) in [5, 5.41) is 0. The summed E-state index contributed by atoms with van der Waals surface area (Å²) in [7, 11) is 4.05. The molecule has 2 amide bonds. The van der Waals surface area contributed by atoms with E-state index in [1.807, 2.05) is 14.1 Å². The van der Waals surface area contributed by atoms with Crippen molar-refractivity contribution in [3.05, 3.63) is 12.2 Å². The third-order valence-corrected chi connectivity index (χ3v) is 5.01. The number of carbonyl (C=O) groups is 2.